The number of fused-ring (bicyclic) bond motifs is 1. The normalized spacial score (nSPS) is 22.2. The van der Waals surface area contributed by atoms with Gasteiger partial charge >= 0.3 is 12.4 Å². The predicted octanol–water partition coefficient (Wildman–Crippen LogP) is 5.22. The first-order valence-electron chi connectivity index (χ1n) is 12.1. The van der Waals surface area contributed by atoms with Gasteiger partial charge in [-0.15, -0.1) is 0 Å². The molecule has 40 heavy (non-hydrogen) atoms. The number of carbonyl (C=O) groups excluding carboxylic acids is 2. The van der Waals surface area contributed by atoms with Crippen molar-refractivity contribution in [1.29, 1.82) is 0 Å². The lowest BCUT2D eigenvalue weighted by Crippen LogP contribution is -2.54. The van der Waals surface area contributed by atoms with E-state index in [2.05, 4.69) is 5.10 Å². The zero-order valence-electron chi connectivity index (χ0n) is 20.8. The van der Waals surface area contributed by atoms with Gasteiger partial charge in [0.1, 0.15) is 0 Å². The number of imide groups is 1. The van der Waals surface area contributed by atoms with Gasteiger partial charge in [0.2, 0.25) is 0 Å². The highest BCUT2D eigenvalue weighted by molar-refractivity contribution is 8.18. The van der Waals surface area contributed by atoms with E-state index in [0.717, 1.165) is 22.7 Å². The quantitative estimate of drug-likeness (QED) is 0.335. The average Bonchev–Trinajstić information content (AvgIpc) is 3.37. The van der Waals surface area contributed by atoms with Gasteiger partial charge in [0.15, 0.2) is 0 Å². The van der Waals surface area contributed by atoms with Gasteiger partial charge in [0.25, 0.3) is 11.1 Å². The Morgan fingerprint density at radius 1 is 1.07 bits per heavy atom. The summed E-state index contributed by atoms with van der Waals surface area (Å²) < 4.78 is 81.0. The zero-order valence-corrected chi connectivity index (χ0v) is 21.6. The van der Waals surface area contributed by atoms with Crippen molar-refractivity contribution in [3.05, 3.63) is 69.8 Å². The molecule has 2 atom stereocenters. The number of benzene rings is 2. The van der Waals surface area contributed by atoms with Crippen molar-refractivity contribution < 1.29 is 41.0 Å². The number of piperidine rings is 1. The number of aromatic nitrogens is 2. The SMILES string of the molecule is CN1CC[C@@H](N2C(=O)S/C(=C\c3ccc4c(cnn4Cc4ccc(C(F)(F)F)cc4C(F)(F)F)c3)C2=O)[C@H](O)C1. The topological polar surface area (TPSA) is 78.7 Å². The molecule has 2 amide bonds. The predicted molar refractivity (Wildman–Crippen MR) is 135 cm³/mol. The van der Waals surface area contributed by atoms with E-state index in [9.17, 15) is 41.0 Å². The summed E-state index contributed by atoms with van der Waals surface area (Å²) in [5.41, 5.74) is -2.21. The minimum Gasteiger partial charge on any atom is -0.390 e. The Balaban J connectivity index is 1.39. The van der Waals surface area contributed by atoms with E-state index >= 15 is 0 Å². The maximum absolute atomic E-state index is 13.6. The zero-order chi connectivity index (χ0) is 29.0. The monoisotopic (exact) mass is 584 g/mol. The number of hydrogen-bond acceptors (Lipinski definition) is 6. The molecule has 2 aromatic carbocycles. The highest BCUT2D eigenvalue weighted by Gasteiger charge is 2.44. The smallest absolute Gasteiger partial charge is 0.390 e. The first-order chi connectivity index (χ1) is 18.7. The molecule has 0 saturated carbocycles. The number of alkyl halides is 6. The molecule has 2 aliphatic rings. The van der Waals surface area contributed by atoms with Crippen LogP contribution in [0.1, 0.15) is 28.7 Å². The lowest BCUT2D eigenvalue weighted by molar-refractivity contribution is -0.143. The second-order valence-corrected chi connectivity index (χ2v) is 10.7. The van der Waals surface area contributed by atoms with Crippen LogP contribution in [0.25, 0.3) is 17.0 Å². The molecule has 5 rings (SSSR count). The summed E-state index contributed by atoms with van der Waals surface area (Å²) in [6.45, 7) is 0.538. The van der Waals surface area contributed by atoms with Crippen molar-refractivity contribution in [1.82, 2.24) is 19.6 Å². The number of carbonyl (C=O) groups is 2. The van der Waals surface area contributed by atoms with E-state index in [0.29, 0.717) is 42.0 Å². The number of aliphatic hydroxyl groups excluding tert-OH is 1. The van der Waals surface area contributed by atoms with E-state index in [1.165, 1.54) is 17.0 Å². The molecule has 1 N–H and O–H groups in total. The molecule has 0 aliphatic carbocycles. The van der Waals surface area contributed by atoms with E-state index in [-0.39, 0.29) is 16.5 Å². The molecule has 0 radical (unpaired) electrons. The molecule has 0 bridgehead atoms. The Labute approximate surface area is 228 Å². The number of halogens is 6. The Kier molecular flexibility index (Phi) is 7.21. The highest BCUT2D eigenvalue weighted by Crippen LogP contribution is 2.38. The van der Waals surface area contributed by atoms with Crippen molar-refractivity contribution >= 4 is 39.9 Å². The molecule has 7 nitrogen and oxygen atoms in total. The van der Waals surface area contributed by atoms with Crippen molar-refractivity contribution in [2.45, 2.75) is 37.5 Å². The Morgan fingerprint density at radius 3 is 2.50 bits per heavy atom. The summed E-state index contributed by atoms with van der Waals surface area (Å²) in [5.74, 6) is -0.513. The van der Waals surface area contributed by atoms with Crippen LogP contribution in [0, 0.1) is 0 Å². The number of likely N-dealkylation sites (tertiary alicyclic amines) is 1. The second kappa shape index (κ2) is 10.2. The minimum absolute atomic E-state index is 0.0940. The number of thioether (sulfide) groups is 1. The average molecular weight is 585 g/mol. The van der Waals surface area contributed by atoms with Crippen LogP contribution in [0.2, 0.25) is 0 Å². The lowest BCUT2D eigenvalue weighted by atomic mass is 10.0. The van der Waals surface area contributed by atoms with Crippen LogP contribution in [0.5, 0.6) is 0 Å². The van der Waals surface area contributed by atoms with E-state index in [1.54, 1.807) is 18.2 Å². The fourth-order valence-corrected chi connectivity index (χ4v) is 5.82. The summed E-state index contributed by atoms with van der Waals surface area (Å²) in [4.78, 5) is 28.8. The Morgan fingerprint density at radius 2 is 1.82 bits per heavy atom. The van der Waals surface area contributed by atoms with Gasteiger partial charge in [-0.05, 0) is 66.7 Å². The molecule has 3 heterocycles. The third-order valence-corrected chi connectivity index (χ3v) is 7.81. The van der Waals surface area contributed by atoms with Gasteiger partial charge in [-0.3, -0.25) is 19.2 Å². The summed E-state index contributed by atoms with van der Waals surface area (Å²) in [6, 6.07) is 5.66. The minimum atomic E-state index is -5.00. The van der Waals surface area contributed by atoms with Gasteiger partial charge in [-0.25, -0.2) is 0 Å². The Hall–Kier alpha value is -3.36. The molecule has 3 aromatic rings. The molecule has 1 aromatic heterocycles. The number of hydrogen-bond donors (Lipinski definition) is 1. The first-order valence-corrected chi connectivity index (χ1v) is 12.9. The van der Waals surface area contributed by atoms with Crippen LogP contribution in [-0.2, 0) is 23.7 Å². The van der Waals surface area contributed by atoms with E-state index < -0.39 is 53.3 Å². The van der Waals surface area contributed by atoms with Gasteiger partial charge in [0, 0.05) is 18.5 Å². The van der Waals surface area contributed by atoms with Crippen LogP contribution in [0.3, 0.4) is 0 Å². The van der Waals surface area contributed by atoms with Gasteiger partial charge in [0.05, 0.1) is 46.4 Å². The number of likely N-dealkylation sites (N-methyl/N-ethyl adjacent to an activating group) is 1. The van der Waals surface area contributed by atoms with E-state index in [1.807, 2.05) is 11.9 Å². The highest BCUT2D eigenvalue weighted by atomic mass is 32.2. The van der Waals surface area contributed by atoms with Crippen LogP contribution < -0.4 is 0 Å². The fraction of sp³-hybridized carbons (Fsp3) is 0.346. The van der Waals surface area contributed by atoms with Crippen LogP contribution in [0.15, 0.2) is 47.5 Å². The lowest BCUT2D eigenvalue weighted by Gasteiger charge is -2.37. The van der Waals surface area contributed by atoms with Crippen molar-refractivity contribution in [3.63, 3.8) is 0 Å². The number of nitrogens with zero attached hydrogens (tertiary/aromatic N) is 4. The molecular weight excluding hydrogens is 562 g/mol. The second-order valence-electron chi connectivity index (χ2n) is 9.73. The van der Waals surface area contributed by atoms with Gasteiger partial charge < -0.3 is 10.0 Å². The van der Waals surface area contributed by atoms with Crippen molar-refractivity contribution in [2.75, 3.05) is 20.1 Å². The van der Waals surface area contributed by atoms with Crippen molar-refractivity contribution in [3.8, 4) is 0 Å². The summed E-state index contributed by atoms with van der Waals surface area (Å²) in [6.07, 6.45) is -7.43. The number of β-amino-alcohol motifs (C(OH)–C–C–N with tert-alkyl or cyclic N) is 1. The van der Waals surface area contributed by atoms with Gasteiger partial charge in [-0.1, -0.05) is 12.1 Å². The molecule has 2 saturated heterocycles. The standard InChI is InChI=1S/C26H22F6N4O3S/c1-34-7-6-20(21(37)13-34)36-23(38)22(40-24(36)39)9-14-2-5-19-16(8-14)11-33-35(19)12-15-3-4-17(25(27,28)29)10-18(15)26(30,31)32/h2-5,8-11,20-21,37H,6-7,12-13H2,1H3/b22-9-/t20-,21-/m1/s1. The maximum Gasteiger partial charge on any atom is 0.416 e. The van der Waals surface area contributed by atoms with Gasteiger partial charge in [-0.2, -0.15) is 31.4 Å². The molecule has 2 fully saturated rings. The number of aliphatic hydroxyl groups is 1. The number of amides is 2. The summed E-state index contributed by atoms with van der Waals surface area (Å²) >= 11 is 0.759. The fourth-order valence-electron chi connectivity index (χ4n) is 4.93. The van der Waals surface area contributed by atoms with E-state index in [4.69, 9.17) is 0 Å². The summed E-state index contributed by atoms with van der Waals surface area (Å²) in [5, 5.41) is 14.6. The van der Waals surface area contributed by atoms with Crippen molar-refractivity contribution in [2.24, 2.45) is 0 Å². The molecule has 14 heteroatoms. The molecule has 0 unspecified atom stereocenters. The molecule has 0 spiro atoms. The third-order valence-electron chi connectivity index (χ3n) is 6.93. The van der Waals surface area contributed by atoms with Crippen LogP contribution in [-0.4, -0.2) is 68.1 Å². The maximum atomic E-state index is 13.6. The summed E-state index contributed by atoms with van der Waals surface area (Å²) in [7, 11) is 1.84. The third kappa shape index (κ3) is 5.47. The Bertz CT molecular complexity index is 1520. The van der Waals surface area contributed by atoms with Crippen LogP contribution in [0.4, 0.5) is 31.1 Å². The number of rotatable bonds is 4. The molecule has 212 valence electrons. The van der Waals surface area contributed by atoms with Crippen LogP contribution >= 0.6 is 11.8 Å². The first kappa shape index (κ1) is 28.2. The molecular formula is C26H22F6N4O3S. The largest absolute Gasteiger partial charge is 0.416 e. The molecule has 2 aliphatic heterocycles.